The summed E-state index contributed by atoms with van der Waals surface area (Å²) in [5, 5.41) is 0.480. The van der Waals surface area contributed by atoms with Crippen LogP contribution in [0.15, 0.2) is 66.1 Å². The largest absolute Gasteiger partial charge is 0.231 e. The Morgan fingerprint density at radius 1 is 0.783 bits per heavy atom. The summed E-state index contributed by atoms with van der Waals surface area (Å²) in [6.45, 7) is 1.92. The highest BCUT2D eigenvalue weighted by molar-refractivity contribution is 7.99. The standard InChI is InChI=1S/C18H14F2N2S/c1-12-10-21-18(22-11-12)23-17(13-2-6-15(19)7-3-13)14-4-8-16(20)9-5-14/h2-11,17H,1H3. The van der Waals surface area contributed by atoms with Crippen LogP contribution in [0.1, 0.15) is 21.9 Å². The molecule has 5 heteroatoms. The second kappa shape index (κ2) is 6.87. The summed E-state index contributed by atoms with van der Waals surface area (Å²) in [4.78, 5) is 8.62. The SMILES string of the molecule is Cc1cnc(SC(c2ccc(F)cc2)c2ccc(F)cc2)nc1. The van der Waals surface area contributed by atoms with Gasteiger partial charge in [0.15, 0.2) is 5.16 Å². The van der Waals surface area contributed by atoms with E-state index >= 15 is 0 Å². The second-order valence-corrected chi connectivity index (χ2v) is 6.22. The molecule has 0 spiro atoms. The number of halogens is 2. The van der Waals surface area contributed by atoms with Gasteiger partial charge in [0, 0.05) is 12.4 Å². The van der Waals surface area contributed by atoms with Crippen LogP contribution in [0.2, 0.25) is 0 Å². The molecule has 0 radical (unpaired) electrons. The van der Waals surface area contributed by atoms with E-state index in [1.54, 1.807) is 36.7 Å². The molecule has 0 atom stereocenters. The smallest absolute Gasteiger partial charge is 0.188 e. The minimum absolute atomic E-state index is 0.140. The van der Waals surface area contributed by atoms with Gasteiger partial charge in [-0.3, -0.25) is 0 Å². The van der Waals surface area contributed by atoms with Gasteiger partial charge in [-0.15, -0.1) is 0 Å². The molecule has 0 saturated carbocycles. The summed E-state index contributed by atoms with van der Waals surface area (Å²) >= 11 is 1.45. The topological polar surface area (TPSA) is 25.8 Å². The lowest BCUT2D eigenvalue weighted by molar-refractivity contribution is 0.626. The van der Waals surface area contributed by atoms with Crippen LogP contribution in [-0.2, 0) is 0 Å². The monoisotopic (exact) mass is 328 g/mol. The molecule has 0 aliphatic rings. The predicted octanol–water partition coefficient (Wildman–Crippen LogP) is 4.94. The van der Waals surface area contributed by atoms with E-state index < -0.39 is 0 Å². The highest BCUT2D eigenvalue weighted by Crippen LogP contribution is 2.38. The number of hydrogen-bond acceptors (Lipinski definition) is 3. The first-order chi connectivity index (χ1) is 11.1. The van der Waals surface area contributed by atoms with Crippen molar-refractivity contribution < 1.29 is 8.78 Å². The van der Waals surface area contributed by atoms with Crippen LogP contribution in [0.4, 0.5) is 8.78 Å². The van der Waals surface area contributed by atoms with E-state index in [-0.39, 0.29) is 16.9 Å². The van der Waals surface area contributed by atoms with E-state index in [0.29, 0.717) is 5.16 Å². The molecule has 0 aliphatic heterocycles. The predicted molar refractivity (Wildman–Crippen MR) is 87.3 cm³/mol. The van der Waals surface area contributed by atoms with E-state index in [1.165, 1.54) is 36.0 Å². The molecule has 2 aromatic carbocycles. The van der Waals surface area contributed by atoms with Gasteiger partial charge in [0.1, 0.15) is 11.6 Å². The minimum Gasteiger partial charge on any atom is -0.231 e. The van der Waals surface area contributed by atoms with Gasteiger partial charge in [-0.1, -0.05) is 36.0 Å². The van der Waals surface area contributed by atoms with Crippen LogP contribution in [-0.4, -0.2) is 9.97 Å². The number of aromatic nitrogens is 2. The van der Waals surface area contributed by atoms with Gasteiger partial charge in [-0.05, 0) is 47.9 Å². The maximum Gasteiger partial charge on any atom is 0.188 e. The van der Waals surface area contributed by atoms with Crippen molar-refractivity contribution in [3.8, 4) is 0 Å². The van der Waals surface area contributed by atoms with Crippen molar-refractivity contribution in [2.24, 2.45) is 0 Å². The van der Waals surface area contributed by atoms with E-state index in [4.69, 9.17) is 0 Å². The summed E-state index contributed by atoms with van der Waals surface area (Å²) in [7, 11) is 0. The van der Waals surface area contributed by atoms with Crippen LogP contribution in [0.3, 0.4) is 0 Å². The molecule has 3 aromatic rings. The zero-order chi connectivity index (χ0) is 16.2. The molecule has 0 N–H and O–H groups in total. The van der Waals surface area contributed by atoms with Crippen molar-refractivity contribution in [2.45, 2.75) is 17.3 Å². The van der Waals surface area contributed by atoms with Gasteiger partial charge in [-0.2, -0.15) is 0 Å². The first-order valence-corrected chi connectivity index (χ1v) is 7.96. The van der Waals surface area contributed by atoms with E-state index in [0.717, 1.165) is 16.7 Å². The van der Waals surface area contributed by atoms with Gasteiger partial charge in [-0.25, -0.2) is 18.7 Å². The van der Waals surface area contributed by atoms with Crippen molar-refractivity contribution in [3.05, 3.63) is 89.2 Å². The highest BCUT2D eigenvalue weighted by atomic mass is 32.2. The summed E-state index contributed by atoms with van der Waals surface area (Å²) < 4.78 is 26.4. The van der Waals surface area contributed by atoms with Crippen LogP contribution in [0.5, 0.6) is 0 Å². The Balaban J connectivity index is 1.97. The highest BCUT2D eigenvalue weighted by Gasteiger charge is 2.17. The maximum absolute atomic E-state index is 13.2. The number of aryl methyl sites for hydroxylation is 1. The quantitative estimate of drug-likeness (QED) is 0.501. The Kier molecular flexibility index (Phi) is 4.67. The van der Waals surface area contributed by atoms with Gasteiger partial charge < -0.3 is 0 Å². The zero-order valence-electron chi connectivity index (χ0n) is 12.4. The Morgan fingerprint density at radius 2 is 1.22 bits per heavy atom. The lowest BCUT2D eigenvalue weighted by Gasteiger charge is -2.17. The molecule has 2 nitrogen and oxygen atoms in total. The lowest BCUT2D eigenvalue weighted by atomic mass is 10.0. The Morgan fingerprint density at radius 3 is 1.65 bits per heavy atom. The molecule has 0 bridgehead atoms. The van der Waals surface area contributed by atoms with E-state index in [2.05, 4.69) is 9.97 Å². The fraction of sp³-hybridized carbons (Fsp3) is 0.111. The fourth-order valence-corrected chi connectivity index (χ4v) is 3.18. The first-order valence-electron chi connectivity index (χ1n) is 7.08. The van der Waals surface area contributed by atoms with Gasteiger partial charge >= 0.3 is 0 Å². The van der Waals surface area contributed by atoms with Crippen molar-refractivity contribution >= 4 is 11.8 Å². The molecule has 3 rings (SSSR count). The number of hydrogen-bond donors (Lipinski definition) is 0. The molecule has 23 heavy (non-hydrogen) atoms. The maximum atomic E-state index is 13.2. The summed E-state index contributed by atoms with van der Waals surface area (Å²) in [5.74, 6) is -0.577. The molecule has 116 valence electrons. The van der Waals surface area contributed by atoms with Gasteiger partial charge in [0.05, 0.1) is 5.25 Å². The fourth-order valence-electron chi connectivity index (χ4n) is 2.15. The van der Waals surface area contributed by atoms with E-state index in [9.17, 15) is 8.78 Å². The summed E-state index contributed by atoms with van der Waals surface area (Å²) in [6, 6.07) is 12.6. The molecule has 0 aliphatic carbocycles. The summed E-state index contributed by atoms with van der Waals surface area (Å²) in [6.07, 6.45) is 3.50. The van der Waals surface area contributed by atoms with Gasteiger partial charge in [0.25, 0.3) is 0 Å². The van der Waals surface area contributed by atoms with Crippen molar-refractivity contribution in [1.82, 2.24) is 9.97 Å². The average molecular weight is 328 g/mol. The molecule has 1 aromatic heterocycles. The van der Waals surface area contributed by atoms with Crippen LogP contribution in [0.25, 0.3) is 0 Å². The third-order valence-corrected chi connectivity index (χ3v) is 4.53. The van der Waals surface area contributed by atoms with Crippen molar-refractivity contribution in [2.75, 3.05) is 0 Å². The first kappa shape index (κ1) is 15.6. The number of nitrogens with zero attached hydrogens (tertiary/aromatic N) is 2. The van der Waals surface area contributed by atoms with Crippen molar-refractivity contribution in [1.29, 1.82) is 0 Å². The molecule has 0 amide bonds. The Labute approximate surface area is 137 Å². The Bertz CT molecular complexity index is 726. The Hall–Kier alpha value is -2.27. The zero-order valence-corrected chi connectivity index (χ0v) is 13.2. The third kappa shape index (κ3) is 3.93. The minimum atomic E-state index is -0.289. The second-order valence-electron chi connectivity index (χ2n) is 5.14. The number of benzene rings is 2. The van der Waals surface area contributed by atoms with Crippen molar-refractivity contribution in [3.63, 3.8) is 0 Å². The number of rotatable bonds is 4. The van der Waals surface area contributed by atoms with Crippen LogP contribution in [0, 0.1) is 18.6 Å². The molecular formula is C18H14F2N2S. The average Bonchev–Trinajstić information content (AvgIpc) is 2.56. The van der Waals surface area contributed by atoms with Crippen LogP contribution >= 0.6 is 11.8 Å². The molecule has 0 unspecified atom stereocenters. The number of thioether (sulfide) groups is 1. The van der Waals surface area contributed by atoms with Gasteiger partial charge in [0.2, 0.25) is 0 Å². The molecule has 0 fully saturated rings. The third-order valence-electron chi connectivity index (χ3n) is 3.33. The lowest BCUT2D eigenvalue weighted by Crippen LogP contribution is -1.99. The summed E-state index contributed by atoms with van der Waals surface area (Å²) in [5.41, 5.74) is 2.80. The molecular weight excluding hydrogens is 314 g/mol. The molecule has 1 heterocycles. The molecule has 0 saturated heterocycles. The van der Waals surface area contributed by atoms with Crippen LogP contribution < -0.4 is 0 Å². The normalized spacial score (nSPS) is 11.0. The van der Waals surface area contributed by atoms with E-state index in [1.807, 2.05) is 6.92 Å².